The molecule has 5 nitrogen and oxygen atoms in total. The van der Waals surface area contributed by atoms with Crippen molar-refractivity contribution in [3.63, 3.8) is 0 Å². The lowest BCUT2D eigenvalue weighted by Crippen LogP contribution is -2.47. The average Bonchev–Trinajstić information content (AvgIpc) is 3.09. The summed E-state index contributed by atoms with van der Waals surface area (Å²) in [7, 11) is 0. The molecule has 32 heavy (non-hydrogen) atoms. The molecule has 1 saturated carbocycles. The molecule has 2 saturated heterocycles. The molecule has 10 heteroatoms. The Morgan fingerprint density at radius 1 is 1.12 bits per heavy atom. The van der Waals surface area contributed by atoms with E-state index in [0.717, 1.165) is 41.2 Å². The molecule has 4 heterocycles. The molecule has 0 radical (unpaired) electrons. The largest absolute Gasteiger partial charge is 0.433 e. The van der Waals surface area contributed by atoms with Crippen LogP contribution in [0.1, 0.15) is 19.0 Å². The van der Waals surface area contributed by atoms with Gasteiger partial charge < -0.3 is 9.80 Å². The second-order valence-electron chi connectivity index (χ2n) is 8.90. The number of thiazole rings is 1. The van der Waals surface area contributed by atoms with Gasteiger partial charge in [0.15, 0.2) is 10.0 Å². The predicted octanol–water partition coefficient (Wildman–Crippen LogP) is 5.18. The number of nitrogens with zero attached hydrogens (tertiary/aromatic N) is 5. The number of piperidine rings is 1. The molecule has 0 spiro atoms. The van der Waals surface area contributed by atoms with E-state index in [-0.39, 0.29) is 12.0 Å². The van der Waals surface area contributed by atoms with Gasteiger partial charge in [0.2, 0.25) is 5.95 Å². The lowest BCUT2D eigenvalue weighted by Gasteiger charge is -2.39. The number of alkyl halides is 3. The lowest BCUT2D eigenvalue weighted by molar-refractivity contribution is -0.141. The molecule has 0 amide bonds. The van der Waals surface area contributed by atoms with Crippen molar-refractivity contribution >= 4 is 45.1 Å². The summed E-state index contributed by atoms with van der Waals surface area (Å²) in [4.78, 5) is 16.9. The van der Waals surface area contributed by atoms with Crippen molar-refractivity contribution in [3.05, 3.63) is 36.0 Å². The number of para-hydroxylation sites is 1. The number of rotatable bonds is 5. The van der Waals surface area contributed by atoms with Crippen LogP contribution in [0.25, 0.3) is 10.2 Å². The topological polar surface area (TPSA) is 45.2 Å². The summed E-state index contributed by atoms with van der Waals surface area (Å²) in [6.07, 6.45) is -3.52. The zero-order valence-electron chi connectivity index (χ0n) is 17.4. The number of anilines is 2. The van der Waals surface area contributed by atoms with Crippen LogP contribution in [-0.2, 0) is 6.18 Å². The molecule has 6 rings (SSSR count). The molecular weight excluding hydrogens is 455 g/mol. The molecule has 3 aliphatic rings. The minimum Gasteiger partial charge on any atom is -0.356 e. The van der Waals surface area contributed by atoms with Gasteiger partial charge in [-0.3, -0.25) is 0 Å². The molecule has 1 aliphatic carbocycles. The van der Waals surface area contributed by atoms with Crippen LogP contribution >= 0.6 is 23.1 Å². The summed E-state index contributed by atoms with van der Waals surface area (Å²) >= 11 is 3.52. The Labute approximate surface area is 192 Å². The van der Waals surface area contributed by atoms with Gasteiger partial charge in [-0.25, -0.2) is 9.97 Å². The highest BCUT2D eigenvalue weighted by molar-refractivity contribution is 8.01. The van der Waals surface area contributed by atoms with Crippen molar-refractivity contribution < 1.29 is 13.2 Å². The first-order chi connectivity index (χ1) is 15.4. The summed E-state index contributed by atoms with van der Waals surface area (Å²) in [5, 5.41) is 0. The number of benzene rings is 1. The number of halogens is 3. The second kappa shape index (κ2) is 7.48. The van der Waals surface area contributed by atoms with E-state index in [0.29, 0.717) is 30.1 Å². The van der Waals surface area contributed by atoms with Crippen molar-refractivity contribution in [1.82, 2.24) is 15.0 Å². The van der Waals surface area contributed by atoms with Gasteiger partial charge in [-0.2, -0.15) is 18.2 Å². The Kier molecular flexibility index (Phi) is 4.80. The molecule has 0 bridgehead atoms. The normalized spacial score (nSPS) is 27.0. The van der Waals surface area contributed by atoms with Crippen molar-refractivity contribution in [2.24, 2.45) is 17.8 Å². The molecule has 2 aromatic heterocycles. The van der Waals surface area contributed by atoms with Gasteiger partial charge in [-0.1, -0.05) is 23.9 Å². The zero-order valence-corrected chi connectivity index (χ0v) is 19.1. The molecule has 3 fully saturated rings. The van der Waals surface area contributed by atoms with E-state index in [1.807, 2.05) is 34.9 Å². The first kappa shape index (κ1) is 20.5. The van der Waals surface area contributed by atoms with Crippen LogP contribution < -0.4 is 9.80 Å². The summed E-state index contributed by atoms with van der Waals surface area (Å²) in [6, 6.07) is 9.45. The zero-order chi connectivity index (χ0) is 22.0. The van der Waals surface area contributed by atoms with Gasteiger partial charge in [0.25, 0.3) is 0 Å². The van der Waals surface area contributed by atoms with Crippen LogP contribution in [0.2, 0.25) is 0 Å². The third-order valence-electron chi connectivity index (χ3n) is 6.94. The van der Waals surface area contributed by atoms with Crippen LogP contribution in [0.5, 0.6) is 0 Å². The number of thioether (sulfide) groups is 1. The summed E-state index contributed by atoms with van der Waals surface area (Å²) in [5.74, 6) is 3.27. The highest BCUT2D eigenvalue weighted by Gasteiger charge is 2.55. The predicted molar refractivity (Wildman–Crippen MR) is 121 cm³/mol. The summed E-state index contributed by atoms with van der Waals surface area (Å²) in [5.41, 5.74) is 0.193. The fourth-order valence-electron chi connectivity index (χ4n) is 4.84. The van der Waals surface area contributed by atoms with Crippen molar-refractivity contribution in [2.45, 2.75) is 29.9 Å². The molecular formula is C22H22F3N5S2. The number of hydrogen-bond acceptors (Lipinski definition) is 7. The molecule has 2 aliphatic heterocycles. The smallest absolute Gasteiger partial charge is 0.356 e. The third-order valence-corrected chi connectivity index (χ3v) is 9.26. The van der Waals surface area contributed by atoms with E-state index in [1.54, 1.807) is 23.1 Å². The standard InChI is InChI=1S/C22H22F3N5S2/c1-12-6-7-30(12)20-27-18(22(23,24)25)8-19(28-20)29-9-13-14(10-29)15(13)11-31-21-26-16-4-2-3-5-17(16)32-21/h2-5,8,12-15H,6-7,9-11H2,1H3/t12-,13?,14?,15?/m0/s1. The van der Waals surface area contributed by atoms with Crippen molar-refractivity contribution in [2.75, 3.05) is 35.2 Å². The minimum atomic E-state index is -4.47. The molecule has 3 atom stereocenters. The average molecular weight is 478 g/mol. The monoisotopic (exact) mass is 477 g/mol. The SMILES string of the molecule is C[C@H]1CCN1c1nc(N2CC3C(CSc4nc5ccccc5s4)C3C2)cc(C(F)(F)F)n1. The Bertz CT molecular complexity index is 1120. The van der Waals surface area contributed by atoms with Gasteiger partial charge >= 0.3 is 6.18 Å². The van der Waals surface area contributed by atoms with Crippen molar-refractivity contribution in [3.8, 4) is 0 Å². The van der Waals surface area contributed by atoms with Crippen molar-refractivity contribution in [1.29, 1.82) is 0 Å². The first-order valence-corrected chi connectivity index (χ1v) is 12.6. The van der Waals surface area contributed by atoms with Crippen LogP contribution in [0.3, 0.4) is 0 Å². The summed E-state index contributed by atoms with van der Waals surface area (Å²) in [6.45, 7) is 4.22. The minimum absolute atomic E-state index is 0.183. The van der Waals surface area contributed by atoms with E-state index in [9.17, 15) is 13.2 Å². The first-order valence-electron chi connectivity index (χ1n) is 10.8. The van der Waals surface area contributed by atoms with Crippen LogP contribution in [0.4, 0.5) is 24.9 Å². The Morgan fingerprint density at radius 2 is 1.91 bits per heavy atom. The fraction of sp³-hybridized carbons (Fsp3) is 0.500. The van der Waals surface area contributed by atoms with Crippen LogP contribution in [-0.4, -0.2) is 46.4 Å². The highest BCUT2D eigenvalue weighted by atomic mass is 32.2. The quantitative estimate of drug-likeness (QED) is 0.472. The van der Waals surface area contributed by atoms with E-state index >= 15 is 0 Å². The van der Waals surface area contributed by atoms with Gasteiger partial charge in [-0.05, 0) is 43.2 Å². The maximum absolute atomic E-state index is 13.5. The fourth-order valence-corrected chi connectivity index (χ4v) is 7.23. The Morgan fingerprint density at radius 3 is 2.56 bits per heavy atom. The van der Waals surface area contributed by atoms with E-state index in [1.165, 1.54) is 4.70 Å². The number of hydrogen-bond donors (Lipinski definition) is 0. The molecule has 3 aromatic rings. The second-order valence-corrected chi connectivity index (χ2v) is 11.2. The highest BCUT2D eigenvalue weighted by Crippen LogP contribution is 2.54. The van der Waals surface area contributed by atoms with E-state index in [2.05, 4.69) is 16.0 Å². The lowest BCUT2D eigenvalue weighted by atomic mass is 10.1. The van der Waals surface area contributed by atoms with Crippen LogP contribution in [0, 0.1) is 17.8 Å². The maximum Gasteiger partial charge on any atom is 0.433 e. The summed E-state index contributed by atoms with van der Waals surface area (Å²) < 4.78 is 42.7. The molecule has 168 valence electrons. The third kappa shape index (κ3) is 3.61. The van der Waals surface area contributed by atoms with E-state index in [4.69, 9.17) is 4.98 Å². The molecule has 2 unspecified atom stereocenters. The molecule has 1 aromatic carbocycles. The van der Waals surface area contributed by atoms with Gasteiger partial charge in [0.05, 0.1) is 10.2 Å². The van der Waals surface area contributed by atoms with Gasteiger partial charge in [-0.15, -0.1) is 11.3 Å². The van der Waals surface area contributed by atoms with Gasteiger partial charge in [0, 0.05) is 37.5 Å². The Hall–Kier alpha value is -2.07. The number of fused-ring (bicyclic) bond motifs is 2. The Balaban J connectivity index is 1.13. The maximum atomic E-state index is 13.5. The van der Waals surface area contributed by atoms with E-state index < -0.39 is 11.9 Å². The van der Waals surface area contributed by atoms with Crippen LogP contribution in [0.15, 0.2) is 34.7 Å². The number of aromatic nitrogens is 3. The molecule has 0 N–H and O–H groups in total. The van der Waals surface area contributed by atoms with Gasteiger partial charge in [0.1, 0.15) is 5.82 Å².